The average Bonchev–Trinajstić information content (AvgIpc) is 2.37. The maximum atomic E-state index is 6.03. The van der Waals surface area contributed by atoms with E-state index in [1.54, 1.807) is 6.20 Å². The van der Waals surface area contributed by atoms with Crippen molar-refractivity contribution in [3.63, 3.8) is 0 Å². The molecule has 0 unspecified atom stereocenters. The predicted molar refractivity (Wildman–Crippen MR) is 78.7 cm³/mol. The summed E-state index contributed by atoms with van der Waals surface area (Å²) >= 11 is 6.03. The lowest BCUT2D eigenvalue weighted by Gasteiger charge is -2.22. The monoisotopic (exact) mass is 275 g/mol. The van der Waals surface area contributed by atoms with E-state index in [9.17, 15) is 0 Å². The highest BCUT2D eigenvalue weighted by molar-refractivity contribution is 6.30. The zero-order chi connectivity index (χ0) is 13.9. The van der Waals surface area contributed by atoms with E-state index in [0.717, 1.165) is 11.3 Å². The van der Waals surface area contributed by atoms with Crippen LogP contribution in [0.5, 0.6) is 5.75 Å². The van der Waals surface area contributed by atoms with Gasteiger partial charge in [0.1, 0.15) is 17.5 Å². The van der Waals surface area contributed by atoms with Crippen LogP contribution in [0.3, 0.4) is 0 Å². The van der Waals surface area contributed by atoms with Gasteiger partial charge in [0.15, 0.2) is 0 Å². The lowest BCUT2D eigenvalue weighted by molar-refractivity contribution is 0.297. The zero-order valence-electron chi connectivity index (χ0n) is 11.5. The minimum atomic E-state index is 0.0509. The van der Waals surface area contributed by atoms with Crippen LogP contribution in [0.15, 0.2) is 42.6 Å². The van der Waals surface area contributed by atoms with Gasteiger partial charge in [0.05, 0.1) is 0 Å². The Morgan fingerprint density at radius 3 is 2.53 bits per heavy atom. The molecule has 1 aromatic carbocycles. The fourth-order valence-electron chi connectivity index (χ4n) is 1.89. The summed E-state index contributed by atoms with van der Waals surface area (Å²) in [6.07, 6.45) is 1.68. The second-order valence-electron chi connectivity index (χ2n) is 5.49. The fourth-order valence-corrected chi connectivity index (χ4v) is 2.07. The number of benzene rings is 1. The summed E-state index contributed by atoms with van der Waals surface area (Å²) in [5.74, 6) is 0.898. The Bertz CT molecular complexity index is 561. The quantitative estimate of drug-likeness (QED) is 0.763. The molecule has 2 nitrogen and oxygen atoms in total. The Labute approximate surface area is 119 Å². The normalized spacial score (nSPS) is 11.4. The van der Waals surface area contributed by atoms with Crippen LogP contribution in [0.2, 0.25) is 5.15 Å². The van der Waals surface area contributed by atoms with Crippen molar-refractivity contribution >= 4 is 11.6 Å². The predicted octanol–water partition coefficient (Wildman–Crippen LogP) is 4.61. The van der Waals surface area contributed by atoms with Gasteiger partial charge in [-0.05, 0) is 23.1 Å². The first-order valence-electron chi connectivity index (χ1n) is 6.30. The van der Waals surface area contributed by atoms with Crippen LogP contribution in [-0.4, -0.2) is 4.98 Å². The van der Waals surface area contributed by atoms with Gasteiger partial charge in [0.2, 0.25) is 0 Å². The van der Waals surface area contributed by atoms with Crippen molar-refractivity contribution in [2.24, 2.45) is 0 Å². The Hall–Kier alpha value is -1.54. The minimum absolute atomic E-state index is 0.0509. The van der Waals surface area contributed by atoms with E-state index in [-0.39, 0.29) is 5.41 Å². The summed E-state index contributed by atoms with van der Waals surface area (Å²) in [6.45, 7) is 6.95. The van der Waals surface area contributed by atoms with E-state index < -0.39 is 0 Å². The van der Waals surface area contributed by atoms with Crippen molar-refractivity contribution in [1.82, 2.24) is 4.98 Å². The number of para-hydroxylation sites is 1. The molecule has 3 heteroatoms. The molecule has 0 amide bonds. The second kappa shape index (κ2) is 5.62. The van der Waals surface area contributed by atoms with Crippen LogP contribution >= 0.6 is 11.6 Å². The molecular formula is C16H18ClNO. The number of rotatable bonds is 3. The van der Waals surface area contributed by atoms with Gasteiger partial charge in [-0.3, -0.25) is 0 Å². The number of aromatic nitrogens is 1. The molecular weight excluding hydrogens is 258 g/mol. The highest BCUT2D eigenvalue weighted by atomic mass is 35.5. The third-order valence-corrected chi connectivity index (χ3v) is 3.25. The maximum absolute atomic E-state index is 6.03. The Kier molecular flexibility index (Phi) is 4.11. The first-order valence-corrected chi connectivity index (χ1v) is 6.68. The molecule has 0 aliphatic rings. The highest BCUT2D eigenvalue weighted by Crippen LogP contribution is 2.31. The lowest BCUT2D eigenvalue weighted by atomic mass is 9.86. The first kappa shape index (κ1) is 13.9. The van der Waals surface area contributed by atoms with E-state index in [0.29, 0.717) is 11.8 Å². The van der Waals surface area contributed by atoms with Gasteiger partial charge < -0.3 is 4.74 Å². The summed E-state index contributed by atoms with van der Waals surface area (Å²) in [6, 6.07) is 11.9. The highest BCUT2D eigenvalue weighted by Gasteiger charge is 2.18. The van der Waals surface area contributed by atoms with Crippen LogP contribution in [0.25, 0.3) is 0 Å². The first-order chi connectivity index (χ1) is 8.98. The van der Waals surface area contributed by atoms with Crippen molar-refractivity contribution in [2.45, 2.75) is 32.8 Å². The van der Waals surface area contributed by atoms with E-state index in [2.05, 4.69) is 31.8 Å². The molecule has 0 N–H and O–H groups in total. The minimum Gasteiger partial charge on any atom is -0.488 e. The Morgan fingerprint density at radius 2 is 1.84 bits per heavy atom. The van der Waals surface area contributed by atoms with E-state index >= 15 is 0 Å². The Morgan fingerprint density at radius 1 is 1.11 bits per heavy atom. The third-order valence-electron chi connectivity index (χ3n) is 2.91. The maximum Gasteiger partial charge on any atom is 0.135 e. The average molecular weight is 276 g/mol. The van der Waals surface area contributed by atoms with Gasteiger partial charge in [0, 0.05) is 11.8 Å². The van der Waals surface area contributed by atoms with Gasteiger partial charge >= 0.3 is 0 Å². The summed E-state index contributed by atoms with van der Waals surface area (Å²) < 4.78 is 5.91. The molecule has 100 valence electrons. The van der Waals surface area contributed by atoms with Crippen molar-refractivity contribution < 1.29 is 4.74 Å². The van der Waals surface area contributed by atoms with Crippen molar-refractivity contribution in [3.8, 4) is 5.75 Å². The standard InChI is InChI=1S/C16H18ClNO/c1-16(2,3)13-8-4-5-9-14(13)19-11-12-7-6-10-18-15(12)17/h4-10H,11H2,1-3H3. The number of pyridine rings is 1. The number of ether oxygens (including phenoxy) is 1. The molecule has 2 aromatic rings. The Balaban J connectivity index is 2.19. The molecule has 0 aliphatic heterocycles. The molecule has 0 aliphatic carbocycles. The molecule has 0 radical (unpaired) electrons. The van der Waals surface area contributed by atoms with E-state index in [4.69, 9.17) is 16.3 Å². The lowest BCUT2D eigenvalue weighted by Crippen LogP contribution is -2.13. The molecule has 0 atom stereocenters. The van der Waals surface area contributed by atoms with E-state index in [1.165, 1.54) is 5.56 Å². The molecule has 19 heavy (non-hydrogen) atoms. The van der Waals surface area contributed by atoms with Crippen molar-refractivity contribution in [2.75, 3.05) is 0 Å². The molecule has 1 aromatic heterocycles. The van der Waals surface area contributed by atoms with Crippen molar-refractivity contribution in [3.05, 3.63) is 58.9 Å². The van der Waals surface area contributed by atoms with Crippen LogP contribution in [0.1, 0.15) is 31.9 Å². The summed E-state index contributed by atoms with van der Waals surface area (Å²) in [5, 5.41) is 0.496. The van der Waals surface area contributed by atoms with Crippen LogP contribution in [-0.2, 0) is 12.0 Å². The van der Waals surface area contributed by atoms with Gasteiger partial charge in [-0.2, -0.15) is 0 Å². The summed E-state index contributed by atoms with van der Waals surface area (Å²) in [5.41, 5.74) is 2.14. The topological polar surface area (TPSA) is 22.1 Å². The summed E-state index contributed by atoms with van der Waals surface area (Å²) in [7, 11) is 0. The van der Waals surface area contributed by atoms with Gasteiger partial charge in [0.25, 0.3) is 0 Å². The fraction of sp³-hybridized carbons (Fsp3) is 0.312. The van der Waals surface area contributed by atoms with Crippen LogP contribution < -0.4 is 4.74 Å². The number of halogens is 1. The molecule has 1 heterocycles. The molecule has 0 saturated heterocycles. The number of hydrogen-bond donors (Lipinski definition) is 0. The van der Waals surface area contributed by atoms with Gasteiger partial charge in [-0.25, -0.2) is 4.98 Å². The largest absolute Gasteiger partial charge is 0.488 e. The van der Waals surface area contributed by atoms with Crippen LogP contribution in [0, 0.1) is 0 Å². The SMILES string of the molecule is CC(C)(C)c1ccccc1OCc1cccnc1Cl. The van der Waals surface area contributed by atoms with Gasteiger partial charge in [-0.15, -0.1) is 0 Å². The summed E-state index contributed by atoms with van der Waals surface area (Å²) in [4.78, 5) is 4.05. The third kappa shape index (κ3) is 3.48. The number of nitrogens with zero attached hydrogens (tertiary/aromatic N) is 1. The molecule has 0 spiro atoms. The van der Waals surface area contributed by atoms with Crippen LogP contribution in [0.4, 0.5) is 0 Å². The zero-order valence-corrected chi connectivity index (χ0v) is 12.2. The molecule has 2 rings (SSSR count). The number of hydrogen-bond acceptors (Lipinski definition) is 2. The van der Waals surface area contributed by atoms with Crippen molar-refractivity contribution in [1.29, 1.82) is 0 Å². The second-order valence-corrected chi connectivity index (χ2v) is 5.85. The smallest absolute Gasteiger partial charge is 0.135 e. The molecule has 0 saturated carbocycles. The molecule has 0 fully saturated rings. The van der Waals surface area contributed by atoms with E-state index in [1.807, 2.05) is 30.3 Å². The molecule has 0 bridgehead atoms. The van der Waals surface area contributed by atoms with Gasteiger partial charge in [-0.1, -0.05) is 56.6 Å².